The molecule has 1 unspecified atom stereocenters. The number of thiazole rings is 1. The van der Waals surface area contributed by atoms with E-state index in [1.54, 1.807) is 18.4 Å². The standard InChI is InChI=1S/C11H20N2OS/c1-6-8(12-4)9-7-15-10(13-9)11(2,3)14-5/h7-8,12H,6H2,1-5H3. The van der Waals surface area contributed by atoms with Gasteiger partial charge < -0.3 is 10.1 Å². The van der Waals surface area contributed by atoms with Gasteiger partial charge in [0.05, 0.1) is 5.69 Å². The molecule has 0 amide bonds. The first-order valence-electron chi connectivity index (χ1n) is 5.23. The molecule has 1 aromatic rings. The third-order valence-corrected chi connectivity index (χ3v) is 3.83. The average Bonchev–Trinajstić information content (AvgIpc) is 2.70. The molecule has 0 aromatic carbocycles. The molecule has 0 radical (unpaired) electrons. The fourth-order valence-electron chi connectivity index (χ4n) is 1.37. The molecule has 1 N–H and O–H groups in total. The van der Waals surface area contributed by atoms with E-state index in [1.807, 2.05) is 20.9 Å². The third kappa shape index (κ3) is 2.77. The molecule has 0 bridgehead atoms. The number of ether oxygens (including phenoxy) is 1. The predicted octanol–water partition coefficient (Wildman–Crippen LogP) is 2.70. The molecule has 1 atom stereocenters. The smallest absolute Gasteiger partial charge is 0.124 e. The summed E-state index contributed by atoms with van der Waals surface area (Å²) in [6.07, 6.45) is 1.05. The molecular weight excluding hydrogens is 208 g/mol. The van der Waals surface area contributed by atoms with Crippen LogP contribution < -0.4 is 5.32 Å². The summed E-state index contributed by atoms with van der Waals surface area (Å²) in [5.41, 5.74) is 0.833. The number of methoxy groups -OCH3 is 1. The summed E-state index contributed by atoms with van der Waals surface area (Å²) in [6, 6.07) is 0.350. The van der Waals surface area contributed by atoms with Crippen LogP contribution in [0.5, 0.6) is 0 Å². The number of hydrogen-bond donors (Lipinski definition) is 1. The van der Waals surface area contributed by atoms with Gasteiger partial charge in [0.1, 0.15) is 10.6 Å². The predicted molar refractivity (Wildman–Crippen MR) is 64.2 cm³/mol. The Morgan fingerprint density at radius 2 is 2.27 bits per heavy atom. The van der Waals surface area contributed by atoms with Crippen molar-refractivity contribution in [3.8, 4) is 0 Å². The van der Waals surface area contributed by atoms with Crippen molar-refractivity contribution in [2.24, 2.45) is 0 Å². The summed E-state index contributed by atoms with van der Waals surface area (Å²) in [5, 5.41) is 6.40. The van der Waals surface area contributed by atoms with Crippen LogP contribution in [-0.2, 0) is 10.3 Å². The fraction of sp³-hybridized carbons (Fsp3) is 0.727. The summed E-state index contributed by atoms with van der Waals surface area (Å²) in [7, 11) is 3.69. The Morgan fingerprint density at radius 1 is 1.60 bits per heavy atom. The van der Waals surface area contributed by atoms with E-state index >= 15 is 0 Å². The molecular formula is C11H20N2OS. The van der Waals surface area contributed by atoms with Crippen molar-refractivity contribution in [1.29, 1.82) is 0 Å². The van der Waals surface area contributed by atoms with Crippen molar-refractivity contribution >= 4 is 11.3 Å². The molecule has 1 rings (SSSR count). The largest absolute Gasteiger partial charge is 0.372 e. The van der Waals surface area contributed by atoms with E-state index in [-0.39, 0.29) is 5.60 Å². The Hall–Kier alpha value is -0.450. The second kappa shape index (κ2) is 5.05. The van der Waals surface area contributed by atoms with Gasteiger partial charge in [-0.2, -0.15) is 0 Å². The van der Waals surface area contributed by atoms with Crippen molar-refractivity contribution < 1.29 is 4.74 Å². The van der Waals surface area contributed by atoms with Crippen molar-refractivity contribution in [3.05, 3.63) is 16.1 Å². The molecule has 1 aromatic heterocycles. The Balaban J connectivity index is 2.89. The number of rotatable bonds is 5. The van der Waals surface area contributed by atoms with Crippen LogP contribution in [0.15, 0.2) is 5.38 Å². The molecule has 0 aliphatic carbocycles. The summed E-state index contributed by atoms with van der Waals surface area (Å²) >= 11 is 1.66. The van der Waals surface area contributed by atoms with E-state index in [0.717, 1.165) is 17.1 Å². The van der Waals surface area contributed by atoms with Gasteiger partial charge in [0.25, 0.3) is 0 Å². The van der Waals surface area contributed by atoms with Crippen LogP contribution in [-0.4, -0.2) is 19.1 Å². The molecule has 0 saturated heterocycles. The molecule has 0 aliphatic heterocycles. The van der Waals surface area contributed by atoms with E-state index in [0.29, 0.717) is 6.04 Å². The highest BCUT2D eigenvalue weighted by Crippen LogP contribution is 2.29. The van der Waals surface area contributed by atoms with Crippen LogP contribution in [0.1, 0.15) is 43.9 Å². The Labute approximate surface area is 95.9 Å². The summed E-state index contributed by atoms with van der Waals surface area (Å²) in [4.78, 5) is 4.63. The lowest BCUT2D eigenvalue weighted by Crippen LogP contribution is -2.20. The van der Waals surface area contributed by atoms with Gasteiger partial charge in [0.2, 0.25) is 0 Å². The Morgan fingerprint density at radius 3 is 2.73 bits per heavy atom. The lowest BCUT2D eigenvalue weighted by atomic mass is 10.1. The Kier molecular flexibility index (Phi) is 4.25. The highest BCUT2D eigenvalue weighted by atomic mass is 32.1. The third-order valence-electron chi connectivity index (χ3n) is 2.66. The zero-order valence-corrected chi connectivity index (χ0v) is 10.9. The minimum atomic E-state index is -0.283. The van der Waals surface area contributed by atoms with Crippen LogP contribution in [0.25, 0.3) is 0 Å². The minimum absolute atomic E-state index is 0.283. The fourth-order valence-corrected chi connectivity index (χ4v) is 2.35. The zero-order chi connectivity index (χ0) is 11.5. The van der Waals surface area contributed by atoms with Gasteiger partial charge in [-0.05, 0) is 27.3 Å². The topological polar surface area (TPSA) is 34.1 Å². The average molecular weight is 228 g/mol. The van der Waals surface area contributed by atoms with Gasteiger partial charge in [0, 0.05) is 18.5 Å². The monoisotopic (exact) mass is 228 g/mol. The molecule has 0 fully saturated rings. The van der Waals surface area contributed by atoms with Gasteiger partial charge in [-0.3, -0.25) is 0 Å². The van der Waals surface area contributed by atoms with Crippen LogP contribution in [0.4, 0.5) is 0 Å². The summed E-state index contributed by atoms with van der Waals surface area (Å²) in [6.45, 7) is 6.23. The molecule has 86 valence electrons. The van der Waals surface area contributed by atoms with Crippen molar-refractivity contribution in [1.82, 2.24) is 10.3 Å². The van der Waals surface area contributed by atoms with Crippen LogP contribution in [0.2, 0.25) is 0 Å². The first-order valence-corrected chi connectivity index (χ1v) is 6.11. The molecule has 3 nitrogen and oxygen atoms in total. The SMILES string of the molecule is CCC(NC)c1csc(C(C)(C)OC)n1. The normalized spacial score (nSPS) is 14.2. The first kappa shape index (κ1) is 12.6. The number of aromatic nitrogens is 1. The van der Waals surface area contributed by atoms with Crippen LogP contribution >= 0.6 is 11.3 Å². The maximum Gasteiger partial charge on any atom is 0.124 e. The van der Waals surface area contributed by atoms with E-state index in [2.05, 4.69) is 22.6 Å². The van der Waals surface area contributed by atoms with Crippen molar-refractivity contribution in [3.63, 3.8) is 0 Å². The molecule has 1 heterocycles. The first-order chi connectivity index (χ1) is 7.05. The summed E-state index contributed by atoms with van der Waals surface area (Å²) in [5.74, 6) is 0. The zero-order valence-electron chi connectivity index (χ0n) is 10.1. The quantitative estimate of drug-likeness (QED) is 0.841. The minimum Gasteiger partial charge on any atom is -0.372 e. The van der Waals surface area contributed by atoms with Crippen molar-refractivity contribution in [2.75, 3.05) is 14.2 Å². The van der Waals surface area contributed by atoms with Gasteiger partial charge in [-0.1, -0.05) is 6.92 Å². The van der Waals surface area contributed by atoms with Gasteiger partial charge in [0.15, 0.2) is 0 Å². The van der Waals surface area contributed by atoms with Gasteiger partial charge in [-0.25, -0.2) is 4.98 Å². The number of nitrogens with zero attached hydrogens (tertiary/aromatic N) is 1. The van der Waals surface area contributed by atoms with Crippen LogP contribution in [0, 0.1) is 0 Å². The van der Waals surface area contributed by atoms with Gasteiger partial charge in [-0.15, -0.1) is 11.3 Å². The second-order valence-electron chi connectivity index (χ2n) is 4.04. The maximum atomic E-state index is 5.41. The second-order valence-corrected chi connectivity index (χ2v) is 4.90. The molecule has 0 aliphatic rings. The molecule has 0 saturated carbocycles. The molecule has 4 heteroatoms. The highest BCUT2D eigenvalue weighted by Gasteiger charge is 2.24. The van der Waals surface area contributed by atoms with Gasteiger partial charge >= 0.3 is 0 Å². The van der Waals surface area contributed by atoms with Crippen molar-refractivity contribution in [2.45, 2.75) is 38.8 Å². The molecule has 15 heavy (non-hydrogen) atoms. The van der Waals surface area contributed by atoms with E-state index in [9.17, 15) is 0 Å². The highest BCUT2D eigenvalue weighted by molar-refractivity contribution is 7.09. The number of hydrogen-bond acceptors (Lipinski definition) is 4. The number of nitrogens with one attached hydrogen (secondary N) is 1. The summed E-state index contributed by atoms with van der Waals surface area (Å²) < 4.78 is 5.41. The van der Waals surface area contributed by atoms with E-state index in [4.69, 9.17) is 4.74 Å². The lowest BCUT2D eigenvalue weighted by molar-refractivity contribution is 0.0188. The Bertz CT molecular complexity index is 305. The molecule has 0 spiro atoms. The van der Waals surface area contributed by atoms with E-state index < -0.39 is 0 Å². The maximum absolute atomic E-state index is 5.41. The van der Waals surface area contributed by atoms with E-state index in [1.165, 1.54) is 0 Å². The lowest BCUT2D eigenvalue weighted by Gasteiger charge is -2.19. The van der Waals surface area contributed by atoms with Crippen LogP contribution in [0.3, 0.4) is 0 Å².